The lowest BCUT2D eigenvalue weighted by atomic mass is 10.2. The number of amides is 2. The number of aromatic nitrogens is 6. The second-order valence-electron chi connectivity index (χ2n) is 14.0. The first-order valence-corrected chi connectivity index (χ1v) is 20.6. The van der Waals surface area contributed by atoms with Gasteiger partial charge in [0.2, 0.25) is 23.0 Å². The number of carbonyl (C=O) groups excluding carboxylic acids is 4. The van der Waals surface area contributed by atoms with E-state index in [4.69, 9.17) is 36.3 Å². The molecule has 0 aliphatic carbocycles. The molecule has 6 aromatic rings. The topological polar surface area (TPSA) is 251 Å². The van der Waals surface area contributed by atoms with Gasteiger partial charge in [0, 0.05) is 35.9 Å². The van der Waals surface area contributed by atoms with Crippen LogP contribution in [0.15, 0.2) is 111 Å². The van der Waals surface area contributed by atoms with Crippen molar-refractivity contribution in [3.05, 3.63) is 127 Å². The predicted molar refractivity (Wildman–Crippen MR) is 254 cm³/mol. The number of fused-ring (bicyclic) bond motifs is 2. The van der Waals surface area contributed by atoms with E-state index in [0.29, 0.717) is 106 Å². The van der Waals surface area contributed by atoms with Crippen LogP contribution < -0.4 is 50.4 Å². The number of hydrogen-bond donors (Lipinski definition) is 4. The summed E-state index contributed by atoms with van der Waals surface area (Å²) in [5.74, 6) is 2.33. The third-order valence-corrected chi connectivity index (χ3v) is 9.71. The van der Waals surface area contributed by atoms with Gasteiger partial charge in [0.05, 0.1) is 73.6 Å². The molecule has 0 bridgehead atoms. The Kier molecular flexibility index (Phi) is 15.9. The fourth-order valence-electron chi connectivity index (χ4n) is 6.27. The molecule has 0 radical (unpaired) electrons. The Morgan fingerprint density at radius 3 is 1.61 bits per heavy atom. The summed E-state index contributed by atoms with van der Waals surface area (Å²) < 4.78 is 21.1. The molecule has 0 saturated heterocycles. The number of nitrogens with one attached hydrogen (secondary N) is 3. The van der Waals surface area contributed by atoms with Gasteiger partial charge in [0.25, 0.3) is 11.8 Å². The number of ether oxygens (including phenoxy) is 4. The zero-order chi connectivity index (χ0) is 48.0. The minimum atomic E-state index is -0.220. The minimum Gasteiger partial charge on any atom is -0.490 e. The first-order valence-electron chi connectivity index (χ1n) is 20.2. The lowest BCUT2D eigenvalue weighted by Crippen LogP contribution is -2.36. The standard InChI is InChI=1S/C23H22N6O4.C17H15ClN4O3.C6H8N2O/c1-4-21(31)29-9-10-33-19-7-5-15(11-18(19)29)26-22-17(14(2)30)13-25-23(28-22)27-16-6-8-20(32-3)24-12-16;1-3-15(24)22-6-7-25-14-5-4-11(8-13(14)22)20-16-12(10(2)23)9-19-17(18)21-16;1-9-6-3-2-5(7)4-8-6/h4-8,11-13H,1,9-10H2,2-3H3,(H2,25,26,27,28);3-5,8-9H,1,6-7H2,2H3,(H,19,20,21);2-4H,7H2,1H3. The van der Waals surface area contributed by atoms with Crippen LogP contribution in [0.5, 0.6) is 23.3 Å². The average molecular weight is 929 g/mol. The van der Waals surface area contributed by atoms with E-state index in [9.17, 15) is 19.2 Å². The van der Waals surface area contributed by atoms with Gasteiger partial charge in [-0.1, -0.05) is 13.2 Å². The van der Waals surface area contributed by atoms with Crippen LogP contribution in [0.25, 0.3) is 0 Å². The summed E-state index contributed by atoms with van der Waals surface area (Å²) in [6.45, 7) is 11.6. The van der Waals surface area contributed by atoms with Crippen molar-refractivity contribution in [2.75, 3.05) is 72.0 Å². The van der Waals surface area contributed by atoms with Crippen molar-refractivity contribution in [3.63, 3.8) is 0 Å². The van der Waals surface area contributed by atoms with Gasteiger partial charge in [0.15, 0.2) is 11.6 Å². The van der Waals surface area contributed by atoms with Crippen molar-refractivity contribution in [1.29, 1.82) is 0 Å². The number of methoxy groups -OCH3 is 2. The number of hydrogen-bond acceptors (Lipinski definition) is 18. The van der Waals surface area contributed by atoms with Crippen LogP contribution >= 0.6 is 11.6 Å². The molecule has 2 aromatic carbocycles. The van der Waals surface area contributed by atoms with E-state index in [1.54, 1.807) is 90.0 Å². The van der Waals surface area contributed by atoms with Crippen molar-refractivity contribution in [1.82, 2.24) is 29.9 Å². The summed E-state index contributed by atoms with van der Waals surface area (Å²) >= 11 is 5.83. The zero-order valence-electron chi connectivity index (χ0n) is 36.8. The normalized spacial score (nSPS) is 12.0. The van der Waals surface area contributed by atoms with Crippen LogP contribution in [0.1, 0.15) is 34.6 Å². The number of nitrogens with two attached hydrogens (primary N) is 1. The van der Waals surface area contributed by atoms with Crippen LogP contribution in [0.3, 0.4) is 0 Å². The average Bonchev–Trinajstić information content (AvgIpc) is 3.34. The molecule has 20 nitrogen and oxygen atoms in total. The Morgan fingerprint density at radius 2 is 1.15 bits per heavy atom. The maximum Gasteiger partial charge on any atom is 0.250 e. The van der Waals surface area contributed by atoms with Crippen molar-refractivity contribution in [3.8, 4) is 23.3 Å². The number of rotatable bonds is 12. The summed E-state index contributed by atoms with van der Waals surface area (Å²) in [4.78, 5) is 75.9. The van der Waals surface area contributed by atoms with E-state index >= 15 is 0 Å². The molecule has 0 spiro atoms. The summed E-state index contributed by atoms with van der Waals surface area (Å²) in [5, 5.41) is 9.28. The molecule has 344 valence electrons. The van der Waals surface area contributed by atoms with Crippen LogP contribution in [0.4, 0.5) is 51.7 Å². The highest BCUT2D eigenvalue weighted by Gasteiger charge is 2.24. The molecule has 2 aliphatic rings. The van der Waals surface area contributed by atoms with Crippen LogP contribution in [0.2, 0.25) is 5.28 Å². The SMILES string of the molecule is C=CC(=O)N1CCOc2ccc(Nc3nc(Cl)ncc3C(C)=O)cc21.C=CC(=O)N1CCOc2ccc(Nc3nc(Nc4ccc(OC)nc4)ncc3C(C)=O)cc21.COc1ccc(N)cn1. The molecular weight excluding hydrogens is 884 g/mol. The molecule has 21 heteroatoms. The number of carbonyl (C=O) groups is 4. The monoisotopic (exact) mass is 928 g/mol. The Bertz CT molecular complexity index is 2790. The smallest absolute Gasteiger partial charge is 0.250 e. The fraction of sp³-hybridized carbons (Fsp3) is 0.174. The quantitative estimate of drug-likeness (QED) is 0.0540. The lowest BCUT2D eigenvalue weighted by molar-refractivity contribution is -0.115. The number of anilines is 9. The number of halogens is 1. The molecule has 6 heterocycles. The first kappa shape index (κ1) is 47.8. The Morgan fingerprint density at radius 1 is 0.657 bits per heavy atom. The first-order chi connectivity index (χ1) is 32.3. The summed E-state index contributed by atoms with van der Waals surface area (Å²) in [6, 6.07) is 17.5. The van der Waals surface area contributed by atoms with Gasteiger partial charge in [-0.2, -0.15) is 9.97 Å². The highest BCUT2D eigenvalue weighted by atomic mass is 35.5. The van der Waals surface area contributed by atoms with Crippen LogP contribution in [0, 0.1) is 0 Å². The van der Waals surface area contributed by atoms with Gasteiger partial charge >= 0.3 is 0 Å². The molecule has 0 unspecified atom stereocenters. The number of nitrogens with zero attached hydrogens (tertiary/aromatic N) is 8. The van der Waals surface area contributed by atoms with E-state index in [0.717, 1.165) is 0 Å². The third-order valence-electron chi connectivity index (χ3n) is 9.53. The van der Waals surface area contributed by atoms with Crippen LogP contribution in [-0.4, -0.2) is 93.8 Å². The molecule has 67 heavy (non-hydrogen) atoms. The Balaban J connectivity index is 0.000000191. The van der Waals surface area contributed by atoms with E-state index in [1.807, 2.05) is 0 Å². The number of pyridine rings is 2. The van der Waals surface area contributed by atoms with E-state index < -0.39 is 0 Å². The summed E-state index contributed by atoms with van der Waals surface area (Å²) in [5.41, 5.74) is 9.78. The highest BCUT2D eigenvalue weighted by Crippen LogP contribution is 2.37. The van der Waals surface area contributed by atoms with E-state index in [2.05, 4.69) is 59.0 Å². The minimum absolute atomic E-state index is 0.0252. The van der Waals surface area contributed by atoms with Crippen molar-refractivity contribution >= 4 is 86.7 Å². The molecule has 2 amide bonds. The maximum atomic E-state index is 12.2. The van der Waals surface area contributed by atoms with Gasteiger partial charge in [0.1, 0.15) is 36.3 Å². The molecule has 2 aliphatic heterocycles. The second kappa shape index (κ2) is 22.3. The fourth-order valence-corrected chi connectivity index (χ4v) is 6.40. The number of ketones is 2. The second-order valence-corrected chi connectivity index (χ2v) is 14.4. The number of nitrogen functional groups attached to an aromatic ring is 1. The predicted octanol–water partition coefficient (Wildman–Crippen LogP) is 7.14. The van der Waals surface area contributed by atoms with Gasteiger partial charge in [-0.05, 0) is 86.1 Å². The third kappa shape index (κ3) is 12.3. The van der Waals surface area contributed by atoms with Crippen LogP contribution in [-0.2, 0) is 9.59 Å². The maximum absolute atomic E-state index is 12.2. The van der Waals surface area contributed by atoms with Gasteiger partial charge < -0.3 is 50.4 Å². The lowest BCUT2D eigenvalue weighted by Gasteiger charge is -2.29. The molecule has 0 fully saturated rings. The van der Waals surface area contributed by atoms with Crippen molar-refractivity contribution < 1.29 is 38.1 Å². The number of Topliss-reactive ketones (excluding diaryl/α,β-unsaturated/α-hetero) is 2. The molecule has 0 saturated carbocycles. The molecular formula is C46H45ClN12O8. The molecule has 0 atom stereocenters. The molecule has 8 rings (SSSR count). The van der Waals surface area contributed by atoms with Crippen molar-refractivity contribution in [2.45, 2.75) is 13.8 Å². The summed E-state index contributed by atoms with van der Waals surface area (Å²) in [6.07, 6.45) is 8.48. The summed E-state index contributed by atoms with van der Waals surface area (Å²) in [7, 11) is 3.11. The molecule has 5 N–H and O–H groups in total. The Hall–Kier alpha value is -8.65. The van der Waals surface area contributed by atoms with Gasteiger partial charge in [-0.25, -0.2) is 19.9 Å². The van der Waals surface area contributed by atoms with Crippen molar-refractivity contribution in [2.24, 2.45) is 0 Å². The number of benzene rings is 2. The van der Waals surface area contributed by atoms with Gasteiger partial charge in [-0.3, -0.25) is 19.2 Å². The molecule has 4 aromatic heterocycles. The van der Waals surface area contributed by atoms with E-state index in [1.165, 1.54) is 45.5 Å². The van der Waals surface area contributed by atoms with Gasteiger partial charge in [-0.15, -0.1) is 0 Å². The highest BCUT2D eigenvalue weighted by molar-refractivity contribution is 6.28. The zero-order valence-corrected chi connectivity index (χ0v) is 37.5. The van der Waals surface area contributed by atoms with E-state index in [-0.39, 0.29) is 34.6 Å². The Labute approximate surface area is 389 Å². The largest absolute Gasteiger partial charge is 0.490 e.